The lowest BCUT2D eigenvalue weighted by atomic mass is 10.1. The van der Waals surface area contributed by atoms with Crippen molar-refractivity contribution in [3.05, 3.63) is 47.5 Å². The summed E-state index contributed by atoms with van der Waals surface area (Å²) in [6.07, 6.45) is 1.79. The van der Waals surface area contributed by atoms with Gasteiger partial charge in [0.1, 0.15) is 0 Å². The number of ether oxygens (including phenoxy) is 2. The van der Waals surface area contributed by atoms with Crippen molar-refractivity contribution >= 4 is 51.0 Å². The van der Waals surface area contributed by atoms with E-state index in [1.165, 1.54) is 56.1 Å². The van der Waals surface area contributed by atoms with Crippen LogP contribution in [0.25, 0.3) is 0 Å². The van der Waals surface area contributed by atoms with E-state index in [0.717, 1.165) is 7.11 Å². The molecule has 0 aliphatic carbocycles. The molecular weight excluding hydrogens is 432 g/mol. The third-order valence-electron chi connectivity index (χ3n) is 3.88. The lowest BCUT2D eigenvalue weighted by Gasteiger charge is -2.15. The second-order valence-corrected chi connectivity index (χ2v) is 8.42. The molecule has 2 aromatic rings. The van der Waals surface area contributed by atoms with Crippen LogP contribution in [-0.2, 0) is 24.3 Å². The van der Waals surface area contributed by atoms with E-state index in [1.807, 2.05) is 0 Å². The quantitative estimate of drug-likeness (QED) is 0.485. The number of nitrogens with one attached hydrogen (secondary N) is 2. The van der Waals surface area contributed by atoms with Gasteiger partial charge in [0.05, 0.1) is 41.6 Å². The Morgan fingerprint density at radius 1 is 0.933 bits per heavy atom. The first-order chi connectivity index (χ1) is 14.1. The van der Waals surface area contributed by atoms with Gasteiger partial charge in [-0.3, -0.25) is 9.52 Å². The van der Waals surface area contributed by atoms with Gasteiger partial charge in [0, 0.05) is 11.8 Å². The van der Waals surface area contributed by atoms with Crippen molar-refractivity contribution in [1.82, 2.24) is 0 Å². The number of sulfonamides is 1. The fraction of sp³-hybridized carbons (Fsp3) is 0.211. The Balaban J connectivity index is 2.53. The number of thioether (sulfide) groups is 1. The maximum Gasteiger partial charge on any atom is 0.339 e. The normalized spacial score (nSPS) is 10.8. The van der Waals surface area contributed by atoms with Gasteiger partial charge in [-0.05, 0) is 42.7 Å². The number of anilines is 2. The molecule has 2 N–H and O–H groups in total. The van der Waals surface area contributed by atoms with Gasteiger partial charge >= 0.3 is 11.9 Å². The van der Waals surface area contributed by atoms with Crippen molar-refractivity contribution in [3.63, 3.8) is 0 Å². The molecule has 0 saturated carbocycles. The van der Waals surface area contributed by atoms with Crippen LogP contribution >= 0.6 is 11.8 Å². The lowest BCUT2D eigenvalue weighted by Crippen LogP contribution is -2.17. The predicted octanol–water partition coefficient (Wildman–Crippen LogP) is 2.74. The summed E-state index contributed by atoms with van der Waals surface area (Å²) in [6.45, 7) is 1.31. The van der Waals surface area contributed by atoms with Gasteiger partial charge in [-0.15, -0.1) is 11.8 Å². The Kier molecular flexibility index (Phi) is 7.46. The highest BCUT2D eigenvalue weighted by Gasteiger charge is 2.22. The van der Waals surface area contributed by atoms with Crippen LogP contribution in [0.15, 0.2) is 46.2 Å². The van der Waals surface area contributed by atoms with E-state index >= 15 is 0 Å². The van der Waals surface area contributed by atoms with Crippen molar-refractivity contribution in [3.8, 4) is 0 Å². The maximum absolute atomic E-state index is 13.0. The summed E-state index contributed by atoms with van der Waals surface area (Å²) in [7, 11) is -1.85. The van der Waals surface area contributed by atoms with Crippen molar-refractivity contribution < 1.29 is 32.3 Å². The van der Waals surface area contributed by atoms with Gasteiger partial charge < -0.3 is 14.8 Å². The van der Waals surface area contributed by atoms with E-state index in [2.05, 4.69) is 19.5 Å². The molecule has 0 fully saturated rings. The van der Waals surface area contributed by atoms with Crippen LogP contribution in [0.4, 0.5) is 11.4 Å². The third kappa shape index (κ3) is 5.30. The van der Waals surface area contributed by atoms with Gasteiger partial charge in [0.15, 0.2) is 0 Å². The molecule has 0 bridgehead atoms. The Morgan fingerprint density at radius 3 is 2.17 bits per heavy atom. The fourth-order valence-electron chi connectivity index (χ4n) is 2.51. The lowest BCUT2D eigenvalue weighted by molar-refractivity contribution is -0.114. The summed E-state index contributed by atoms with van der Waals surface area (Å²) in [4.78, 5) is 35.8. The summed E-state index contributed by atoms with van der Waals surface area (Å²) >= 11 is 1.34. The van der Waals surface area contributed by atoms with Crippen LogP contribution in [0.1, 0.15) is 27.6 Å². The molecule has 0 heterocycles. The SMILES string of the molecule is COC(=O)c1ccc(C(=O)OC)c(NS(=O)(=O)c2ccc(SC)c(NC(C)=O)c2)c1. The molecule has 0 aromatic heterocycles. The van der Waals surface area contributed by atoms with Crippen molar-refractivity contribution in [2.75, 3.05) is 30.5 Å². The molecule has 9 nitrogen and oxygen atoms in total. The van der Waals surface area contributed by atoms with E-state index in [9.17, 15) is 22.8 Å². The molecule has 0 aliphatic rings. The number of esters is 2. The minimum absolute atomic E-state index is 0.0412. The number of amides is 1. The second-order valence-electron chi connectivity index (χ2n) is 5.89. The summed E-state index contributed by atoms with van der Waals surface area (Å²) in [5.74, 6) is -1.85. The van der Waals surface area contributed by atoms with E-state index in [1.54, 1.807) is 12.3 Å². The minimum atomic E-state index is -4.18. The summed E-state index contributed by atoms with van der Waals surface area (Å²) < 4.78 is 37.5. The first-order valence-electron chi connectivity index (χ1n) is 8.42. The first kappa shape index (κ1) is 23.2. The number of hydrogen-bond acceptors (Lipinski definition) is 8. The second kappa shape index (κ2) is 9.63. The van der Waals surface area contributed by atoms with Crippen LogP contribution in [0.2, 0.25) is 0 Å². The highest BCUT2D eigenvalue weighted by Crippen LogP contribution is 2.30. The van der Waals surface area contributed by atoms with Gasteiger partial charge in [-0.1, -0.05) is 0 Å². The Morgan fingerprint density at radius 2 is 1.60 bits per heavy atom. The number of rotatable bonds is 7. The van der Waals surface area contributed by atoms with Crippen molar-refractivity contribution in [1.29, 1.82) is 0 Å². The van der Waals surface area contributed by atoms with E-state index in [-0.39, 0.29) is 27.6 Å². The van der Waals surface area contributed by atoms with Crippen molar-refractivity contribution in [2.45, 2.75) is 16.7 Å². The zero-order chi connectivity index (χ0) is 22.5. The molecule has 0 saturated heterocycles. The molecule has 0 unspecified atom stereocenters. The minimum Gasteiger partial charge on any atom is -0.465 e. The maximum atomic E-state index is 13.0. The number of carbonyl (C=O) groups excluding carboxylic acids is 3. The molecule has 11 heteroatoms. The smallest absolute Gasteiger partial charge is 0.339 e. The molecule has 160 valence electrons. The topological polar surface area (TPSA) is 128 Å². The number of carbonyl (C=O) groups is 3. The van der Waals surface area contributed by atoms with Gasteiger partial charge in [-0.25, -0.2) is 18.0 Å². The van der Waals surface area contributed by atoms with E-state index in [0.29, 0.717) is 10.6 Å². The zero-order valence-electron chi connectivity index (χ0n) is 16.6. The summed E-state index contributed by atoms with van der Waals surface area (Å²) in [6, 6.07) is 7.98. The molecule has 0 radical (unpaired) electrons. The molecular formula is C19H20N2O7S2. The van der Waals surface area contributed by atoms with Crippen LogP contribution in [0, 0.1) is 0 Å². The highest BCUT2D eigenvalue weighted by molar-refractivity contribution is 7.98. The number of hydrogen-bond donors (Lipinski definition) is 2. The largest absolute Gasteiger partial charge is 0.465 e. The van der Waals surface area contributed by atoms with E-state index in [4.69, 9.17) is 0 Å². The van der Waals surface area contributed by atoms with Gasteiger partial charge in [0.25, 0.3) is 10.0 Å². The number of methoxy groups -OCH3 is 2. The standard InChI is InChI=1S/C19H20N2O7S2/c1-11(22)20-16-10-13(6-8-17(16)29-4)30(25,26)21-15-9-12(18(23)27-2)5-7-14(15)19(24)28-3/h5-10,21H,1-4H3,(H,20,22). The summed E-state index contributed by atoms with van der Waals surface area (Å²) in [5.41, 5.74) is 0.130. The molecule has 2 rings (SSSR count). The third-order valence-corrected chi connectivity index (χ3v) is 6.04. The van der Waals surface area contributed by atoms with Crippen molar-refractivity contribution in [2.24, 2.45) is 0 Å². The highest BCUT2D eigenvalue weighted by atomic mass is 32.2. The molecule has 0 atom stereocenters. The molecule has 0 aliphatic heterocycles. The van der Waals surface area contributed by atoms with Gasteiger partial charge in [-0.2, -0.15) is 0 Å². The van der Waals surface area contributed by atoms with E-state index < -0.39 is 22.0 Å². The first-order valence-corrected chi connectivity index (χ1v) is 11.1. The van der Waals surface area contributed by atoms with Crippen LogP contribution in [-0.4, -0.2) is 46.7 Å². The summed E-state index contributed by atoms with van der Waals surface area (Å²) in [5, 5.41) is 2.58. The number of benzene rings is 2. The van der Waals surface area contributed by atoms with Crippen LogP contribution < -0.4 is 10.0 Å². The monoisotopic (exact) mass is 452 g/mol. The molecule has 0 spiro atoms. The Hall–Kier alpha value is -3.05. The fourth-order valence-corrected chi connectivity index (χ4v) is 4.14. The van der Waals surface area contributed by atoms with Gasteiger partial charge in [0.2, 0.25) is 5.91 Å². The average molecular weight is 453 g/mol. The van der Waals surface area contributed by atoms with Crippen LogP contribution in [0.3, 0.4) is 0 Å². The Labute approximate surface area is 178 Å². The zero-order valence-corrected chi connectivity index (χ0v) is 18.3. The predicted molar refractivity (Wildman–Crippen MR) is 112 cm³/mol. The Bertz CT molecular complexity index is 1100. The molecule has 30 heavy (non-hydrogen) atoms. The average Bonchev–Trinajstić information content (AvgIpc) is 2.71. The molecule has 1 amide bonds. The van der Waals surface area contributed by atoms with Crippen LogP contribution in [0.5, 0.6) is 0 Å². The molecule has 2 aromatic carbocycles.